The molecule has 0 saturated carbocycles. The normalized spacial score (nSPS) is 28.3. The molecule has 4 aliphatic rings. The summed E-state index contributed by atoms with van der Waals surface area (Å²) >= 11 is 0. The lowest BCUT2D eigenvalue weighted by molar-refractivity contribution is -0.365. The van der Waals surface area contributed by atoms with Gasteiger partial charge in [0.05, 0.1) is 12.5 Å². The number of carbonyl (C=O) groups excluding carboxylic acids is 1. The van der Waals surface area contributed by atoms with E-state index in [9.17, 15) is 24.9 Å². The molecule has 0 aliphatic carbocycles. The third kappa shape index (κ3) is 5.63. The Hall–Kier alpha value is -3.82. The third-order valence-corrected chi connectivity index (χ3v) is 7.69. The molecule has 0 aromatic heterocycles. The largest absolute Gasteiger partial charge is 0.492 e. The monoisotopic (exact) mass is 604 g/mol. The minimum Gasteiger partial charge on any atom is -0.492 e. The second kappa shape index (κ2) is 11.7. The summed E-state index contributed by atoms with van der Waals surface area (Å²) in [6.07, 6.45) is -8.52. The van der Waals surface area contributed by atoms with Gasteiger partial charge in [-0.15, -0.1) is 0 Å². The van der Waals surface area contributed by atoms with Crippen LogP contribution in [-0.4, -0.2) is 83.1 Å². The highest BCUT2D eigenvalue weighted by atomic mass is 17.2. The van der Waals surface area contributed by atoms with Gasteiger partial charge in [0.15, 0.2) is 29.6 Å². The molecule has 0 radical (unpaired) electrons. The van der Waals surface area contributed by atoms with E-state index in [1.807, 2.05) is 6.07 Å². The van der Waals surface area contributed by atoms with E-state index < -0.39 is 61.8 Å². The van der Waals surface area contributed by atoms with Crippen molar-refractivity contribution in [1.29, 1.82) is 0 Å². The van der Waals surface area contributed by atoms with Crippen LogP contribution >= 0.6 is 0 Å². The summed E-state index contributed by atoms with van der Waals surface area (Å²) < 4.78 is 34.1. The zero-order chi connectivity index (χ0) is 30.4. The van der Waals surface area contributed by atoms with Crippen LogP contribution in [0.15, 0.2) is 24.3 Å². The Kier molecular flexibility index (Phi) is 7.96. The Morgan fingerprint density at radius 2 is 1.81 bits per heavy atom. The van der Waals surface area contributed by atoms with E-state index in [4.69, 9.17) is 43.3 Å². The van der Waals surface area contributed by atoms with Gasteiger partial charge in [-0.3, -0.25) is 9.59 Å². The minimum absolute atomic E-state index is 0.119. The fraction of sp³-hybridized carbons (Fsp3) is 0.517. The predicted octanol–water partition coefficient (Wildman–Crippen LogP) is 1.36. The van der Waals surface area contributed by atoms with Crippen molar-refractivity contribution in [2.24, 2.45) is 5.92 Å². The summed E-state index contributed by atoms with van der Waals surface area (Å²) in [6.45, 7) is 4.20. The lowest BCUT2D eigenvalue weighted by Crippen LogP contribution is -2.59. The Bertz CT molecular complexity index is 1390. The quantitative estimate of drug-likeness (QED) is 0.139. The highest BCUT2D eigenvalue weighted by Gasteiger charge is 2.47. The number of aliphatic hydroxyl groups is 3. The molecule has 43 heavy (non-hydrogen) atoms. The molecule has 1 fully saturated rings. The number of carbonyl (C=O) groups is 2. The Morgan fingerprint density at radius 3 is 2.58 bits per heavy atom. The van der Waals surface area contributed by atoms with Crippen molar-refractivity contribution in [2.75, 3.05) is 20.0 Å². The molecule has 2 aromatic carbocycles. The van der Waals surface area contributed by atoms with Crippen molar-refractivity contribution in [3.05, 3.63) is 41.0 Å². The van der Waals surface area contributed by atoms with Crippen LogP contribution in [0.1, 0.15) is 49.0 Å². The molecule has 4 N–H and O–H groups in total. The molecule has 0 spiro atoms. The molecule has 1 saturated heterocycles. The van der Waals surface area contributed by atoms with Gasteiger partial charge in [-0.1, -0.05) is 13.8 Å². The SMILES string of the molecule is CC(C)Cc1c2c(cc3c1OC1c4cc(OOC5C(O)OC(COC(=O)CC(=O)O)C(O)C5O)ccc4OCC31)OCO2. The standard InChI is InChI=1S/C29H32O14/c1-12(2)5-16-25-14(7-19-27(16)39-11-38-19)17-9-36-18-4-3-13(6-15(18)26(17)41-25)42-43-28-24(34)23(33)20(40-29(28)35)10-37-22(32)8-21(30)31/h3-4,6-7,12,17,20,23-24,26,28-29,33-35H,5,8-11H2,1-2H3,(H,30,31). The lowest BCUT2D eigenvalue weighted by Gasteiger charge is -2.39. The zero-order valence-electron chi connectivity index (χ0n) is 23.3. The maximum atomic E-state index is 11.5. The van der Waals surface area contributed by atoms with E-state index in [2.05, 4.69) is 13.8 Å². The zero-order valence-corrected chi connectivity index (χ0v) is 23.3. The smallest absolute Gasteiger partial charge is 0.317 e. The number of ether oxygens (including phenoxy) is 6. The van der Waals surface area contributed by atoms with Crippen molar-refractivity contribution in [2.45, 2.75) is 69.4 Å². The summed E-state index contributed by atoms with van der Waals surface area (Å²) in [6, 6.07) is 6.88. The third-order valence-electron chi connectivity index (χ3n) is 7.69. The van der Waals surface area contributed by atoms with Crippen LogP contribution in [0.2, 0.25) is 0 Å². The second-order valence-electron chi connectivity index (χ2n) is 11.2. The van der Waals surface area contributed by atoms with Gasteiger partial charge in [0.2, 0.25) is 6.79 Å². The van der Waals surface area contributed by atoms with Crippen LogP contribution in [0.4, 0.5) is 0 Å². The number of hydrogen-bond donors (Lipinski definition) is 4. The number of fused-ring (bicyclic) bond motifs is 6. The van der Waals surface area contributed by atoms with E-state index in [0.717, 1.165) is 23.3 Å². The van der Waals surface area contributed by atoms with Gasteiger partial charge < -0.3 is 53.7 Å². The molecule has 14 nitrogen and oxygen atoms in total. The van der Waals surface area contributed by atoms with Crippen LogP contribution in [-0.2, 0) is 30.4 Å². The number of aliphatic carboxylic acids is 1. The first-order valence-electron chi connectivity index (χ1n) is 13.9. The molecule has 7 unspecified atom stereocenters. The molecule has 4 aliphatic heterocycles. The highest BCUT2D eigenvalue weighted by Crippen LogP contribution is 2.57. The summed E-state index contributed by atoms with van der Waals surface area (Å²) in [5.74, 6) is 0.725. The van der Waals surface area contributed by atoms with Gasteiger partial charge in [-0.25, -0.2) is 0 Å². The maximum Gasteiger partial charge on any atom is 0.317 e. The van der Waals surface area contributed by atoms with Crippen molar-refractivity contribution < 1.29 is 68.2 Å². The van der Waals surface area contributed by atoms with Gasteiger partial charge >= 0.3 is 11.9 Å². The first-order valence-corrected chi connectivity index (χ1v) is 13.9. The minimum atomic E-state index is -1.77. The number of benzene rings is 2. The van der Waals surface area contributed by atoms with E-state index >= 15 is 0 Å². The Balaban J connectivity index is 1.14. The molecule has 0 amide bonds. The number of rotatable bonds is 9. The van der Waals surface area contributed by atoms with E-state index in [-0.39, 0.29) is 18.5 Å². The highest BCUT2D eigenvalue weighted by molar-refractivity contribution is 5.90. The average molecular weight is 605 g/mol. The van der Waals surface area contributed by atoms with Gasteiger partial charge in [0, 0.05) is 16.7 Å². The van der Waals surface area contributed by atoms with Crippen molar-refractivity contribution >= 4 is 11.9 Å². The van der Waals surface area contributed by atoms with Crippen molar-refractivity contribution in [3.63, 3.8) is 0 Å². The first kappa shape index (κ1) is 29.3. The summed E-state index contributed by atoms with van der Waals surface area (Å²) in [7, 11) is 0. The summed E-state index contributed by atoms with van der Waals surface area (Å²) in [5.41, 5.74) is 2.64. The molecule has 4 heterocycles. The summed E-state index contributed by atoms with van der Waals surface area (Å²) in [5, 5.41) is 40.0. The summed E-state index contributed by atoms with van der Waals surface area (Å²) in [4.78, 5) is 32.8. The number of carboxylic acid groups (broad SMARTS) is 1. The molecular formula is C29H32O14. The first-order chi connectivity index (χ1) is 20.6. The lowest BCUT2D eigenvalue weighted by atomic mass is 9.87. The predicted molar refractivity (Wildman–Crippen MR) is 141 cm³/mol. The molecule has 6 rings (SSSR count). The number of hydrogen-bond acceptors (Lipinski definition) is 13. The topological polar surface area (TPSA) is 189 Å². The fourth-order valence-corrected chi connectivity index (χ4v) is 5.69. The van der Waals surface area contributed by atoms with E-state index in [0.29, 0.717) is 35.3 Å². The second-order valence-corrected chi connectivity index (χ2v) is 11.2. The number of aliphatic hydroxyl groups excluding tert-OH is 3. The van der Waals surface area contributed by atoms with Gasteiger partial charge in [-0.05, 0) is 36.6 Å². The molecule has 232 valence electrons. The van der Waals surface area contributed by atoms with Gasteiger partial charge in [0.25, 0.3) is 0 Å². The molecule has 2 aromatic rings. The van der Waals surface area contributed by atoms with Crippen molar-refractivity contribution in [1.82, 2.24) is 0 Å². The Labute approximate surface area is 245 Å². The molecular weight excluding hydrogens is 572 g/mol. The van der Waals surface area contributed by atoms with Crippen LogP contribution in [0, 0.1) is 5.92 Å². The van der Waals surface area contributed by atoms with Gasteiger partial charge in [0.1, 0.15) is 48.9 Å². The average Bonchev–Trinajstić information content (AvgIpc) is 3.58. The van der Waals surface area contributed by atoms with E-state index in [1.54, 1.807) is 18.2 Å². The number of carboxylic acids is 1. The van der Waals surface area contributed by atoms with Crippen LogP contribution in [0.25, 0.3) is 0 Å². The fourth-order valence-electron chi connectivity index (χ4n) is 5.69. The van der Waals surface area contributed by atoms with E-state index in [1.165, 1.54) is 0 Å². The van der Waals surface area contributed by atoms with Crippen LogP contribution < -0.4 is 23.8 Å². The number of esters is 1. The van der Waals surface area contributed by atoms with Gasteiger partial charge in [-0.2, -0.15) is 4.89 Å². The molecule has 14 heteroatoms. The van der Waals surface area contributed by atoms with Crippen LogP contribution in [0.5, 0.6) is 28.7 Å². The molecule has 0 bridgehead atoms. The Morgan fingerprint density at radius 1 is 1.00 bits per heavy atom. The van der Waals surface area contributed by atoms with Crippen LogP contribution in [0.3, 0.4) is 0 Å². The van der Waals surface area contributed by atoms with Crippen molar-refractivity contribution in [3.8, 4) is 28.7 Å². The maximum absolute atomic E-state index is 11.5. The molecule has 7 atom stereocenters.